The molecular weight excluding hydrogens is 216 g/mol. The van der Waals surface area contributed by atoms with Gasteiger partial charge in [0.25, 0.3) is 0 Å². The first-order valence-electron chi connectivity index (χ1n) is 4.27. The molecule has 0 radical (unpaired) electrons. The smallest absolute Gasteiger partial charge is 0.00950 e. The van der Waals surface area contributed by atoms with E-state index >= 15 is 0 Å². The molecule has 0 saturated carbocycles. The quantitative estimate of drug-likeness (QED) is 0.392. The molecule has 0 aliphatic carbocycles. The van der Waals surface area contributed by atoms with E-state index in [2.05, 4.69) is 38.4 Å². The zero-order chi connectivity index (χ0) is 9.66. The molecule has 80 valence electrons. The van der Waals surface area contributed by atoms with Crippen LogP contribution in [0.25, 0.3) is 0 Å². The summed E-state index contributed by atoms with van der Waals surface area (Å²) in [6.07, 6.45) is 8.35. The van der Waals surface area contributed by atoms with E-state index in [1.54, 1.807) is 0 Å². The summed E-state index contributed by atoms with van der Waals surface area (Å²) in [6, 6.07) is 0. The third kappa shape index (κ3) is 32.6. The van der Waals surface area contributed by atoms with Gasteiger partial charge in [0.05, 0.1) is 0 Å². The molecule has 0 amide bonds. The second-order valence-electron chi connectivity index (χ2n) is 2.31. The Morgan fingerprint density at radius 2 is 1.15 bits per heavy atom. The fraction of sp³-hybridized carbons (Fsp3) is 0.600. The molecule has 0 rings (SSSR count). The molecule has 0 aromatic heterocycles. The van der Waals surface area contributed by atoms with Crippen molar-refractivity contribution in [3.63, 3.8) is 0 Å². The first kappa shape index (κ1) is 19.2. The molecule has 0 aromatic rings. The molecule has 0 aliphatic rings. The van der Waals surface area contributed by atoms with Crippen LogP contribution in [-0.2, 0) is 0 Å². The topological polar surface area (TPSA) is 0 Å². The van der Waals surface area contributed by atoms with Gasteiger partial charge < -0.3 is 0 Å². The van der Waals surface area contributed by atoms with Gasteiger partial charge in [0.1, 0.15) is 0 Å². The zero-order valence-electron chi connectivity index (χ0n) is 8.21. The van der Waals surface area contributed by atoms with E-state index < -0.39 is 0 Å². The van der Waals surface area contributed by atoms with Crippen LogP contribution in [-0.4, -0.2) is 11.5 Å². The lowest BCUT2D eigenvalue weighted by atomic mass is 10.3. The van der Waals surface area contributed by atoms with Gasteiger partial charge >= 0.3 is 0 Å². The van der Waals surface area contributed by atoms with Gasteiger partial charge in [-0.2, -0.15) is 38.8 Å². The number of rotatable bonds is 6. The lowest BCUT2D eigenvalue weighted by molar-refractivity contribution is 0.978. The largest absolute Gasteiger partial charge is 0.197 e. The standard InChI is InChI=1S/2C5H10S.H2S/c2*1-2-3-4-5-6;/h2*2,6H,1,3-5H2;1H2. The van der Waals surface area contributed by atoms with Crippen LogP contribution in [0.15, 0.2) is 25.3 Å². The van der Waals surface area contributed by atoms with Gasteiger partial charge in [-0.05, 0) is 37.2 Å². The monoisotopic (exact) mass is 238 g/mol. The van der Waals surface area contributed by atoms with E-state index in [9.17, 15) is 0 Å². The summed E-state index contributed by atoms with van der Waals surface area (Å²) in [6.45, 7) is 7.13. The minimum Gasteiger partial charge on any atom is -0.197 e. The van der Waals surface area contributed by atoms with E-state index in [1.807, 2.05) is 12.2 Å². The lowest BCUT2D eigenvalue weighted by Crippen LogP contribution is -1.67. The third-order valence-electron chi connectivity index (χ3n) is 1.13. The third-order valence-corrected chi connectivity index (χ3v) is 1.77. The van der Waals surface area contributed by atoms with Crippen molar-refractivity contribution >= 4 is 38.8 Å². The van der Waals surface area contributed by atoms with Crippen LogP contribution in [0.1, 0.15) is 25.7 Å². The summed E-state index contributed by atoms with van der Waals surface area (Å²) >= 11 is 8.01. The Hall–Kier alpha value is 0.530. The Bertz CT molecular complexity index is 80.2. The molecule has 3 heteroatoms. The van der Waals surface area contributed by atoms with Crippen molar-refractivity contribution in [3.05, 3.63) is 25.3 Å². The molecule has 0 spiro atoms. The van der Waals surface area contributed by atoms with Crippen LogP contribution in [0.5, 0.6) is 0 Å². The first-order chi connectivity index (χ1) is 5.83. The van der Waals surface area contributed by atoms with Crippen molar-refractivity contribution in [2.24, 2.45) is 0 Å². The Morgan fingerprint density at radius 3 is 1.23 bits per heavy atom. The molecule has 0 fully saturated rings. The second-order valence-corrected chi connectivity index (χ2v) is 3.20. The van der Waals surface area contributed by atoms with Gasteiger partial charge in [-0.3, -0.25) is 0 Å². The Balaban J connectivity index is -0.000000143. The van der Waals surface area contributed by atoms with Crippen molar-refractivity contribution < 1.29 is 0 Å². The molecule has 0 bridgehead atoms. The predicted octanol–water partition coefficient (Wildman–Crippen LogP) is 3.88. The van der Waals surface area contributed by atoms with Crippen LogP contribution >= 0.6 is 38.8 Å². The van der Waals surface area contributed by atoms with Crippen LogP contribution < -0.4 is 0 Å². The zero-order valence-corrected chi connectivity index (χ0v) is 11.0. The highest BCUT2D eigenvalue weighted by Gasteiger charge is 1.72. The second kappa shape index (κ2) is 22.9. The highest BCUT2D eigenvalue weighted by molar-refractivity contribution is 7.80. The molecule has 0 nitrogen and oxygen atoms in total. The van der Waals surface area contributed by atoms with Gasteiger partial charge in [0.15, 0.2) is 0 Å². The van der Waals surface area contributed by atoms with Crippen molar-refractivity contribution in [1.29, 1.82) is 0 Å². The van der Waals surface area contributed by atoms with Crippen molar-refractivity contribution in [2.75, 3.05) is 11.5 Å². The Morgan fingerprint density at radius 1 is 0.846 bits per heavy atom. The molecular formula is C10H22S3. The Kier molecular flexibility index (Phi) is 33.7. The van der Waals surface area contributed by atoms with Gasteiger partial charge in [-0.15, -0.1) is 13.2 Å². The number of allylic oxidation sites excluding steroid dienone is 2. The summed E-state index contributed by atoms with van der Waals surface area (Å²) in [5.74, 6) is 1.96. The predicted molar refractivity (Wildman–Crippen MR) is 76.9 cm³/mol. The Labute approximate surface area is 101 Å². The molecule has 13 heavy (non-hydrogen) atoms. The highest BCUT2D eigenvalue weighted by atomic mass is 32.1. The van der Waals surface area contributed by atoms with Crippen LogP contribution in [0.2, 0.25) is 0 Å². The molecule has 0 unspecified atom stereocenters. The lowest BCUT2D eigenvalue weighted by Gasteiger charge is -1.81. The summed E-state index contributed by atoms with van der Waals surface area (Å²) in [5, 5.41) is 0. The van der Waals surface area contributed by atoms with Gasteiger partial charge in [-0.25, -0.2) is 0 Å². The molecule has 0 aliphatic heterocycles. The van der Waals surface area contributed by atoms with Crippen LogP contribution in [0, 0.1) is 0 Å². The fourth-order valence-corrected chi connectivity index (χ4v) is 0.836. The number of hydrogen-bond acceptors (Lipinski definition) is 2. The van der Waals surface area contributed by atoms with Crippen molar-refractivity contribution in [3.8, 4) is 0 Å². The highest BCUT2D eigenvalue weighted by Crippen LogP contribution is 1.89. The molecule has 0 heterocycles. The van der Waals surface area contributed by atoms with E-state index in [4.69, 9.17) is 0 Å². The molecule has 0 saturated heterocycles. The van der Waals surface area contributed by atoms with E-state index in [-0.39, 0.29) is 13.5 Å². The maximum atomic E-state index is 4.01. The maximum Gasteiger partial charge on any atom is -0.00950 e. The van der Waals surface area contributed by atoms with Crippen LogP contribution in [0.4, 0.5) is 0 Å². The van der Waals surface area contributed by atoms with Gasteiger partial charge in [0.2, 0.25) is 0 Å². The molecule has 0 atom stereocenters. The molecule has 0 N–H and O–H groups in total. The maximum absolute atomic E-state index is 4.01. The van der Waals surface area contributed by atoms with E-state index in [1.165, 1.54) is 0 Å². The van der Waals surface area contributed by atoms with Gasteiger partial charge in [0, 0.05) is 0 Å². The van der Waals surface area contributed by atoms with E-state index in [0.717, 1.165) is 37.2 Å². The SMILES string of the molecule is C=CCCCS.C=CCCCS.S. The number of hydrogen-bond donors (Lipinski definition) is 2. The fourth-order valence-electron chi connectivity index (χ4n) is 0.471. The first-order valence-corrected chi connectivity index (χ1v) is 5.53. The van der Waals surface area contributed by atoms with E-state index in [0.29, 0.717) is 0 Å². The number of thiol groups is 2. The minimum atomic E-state index is 0. The van der Waals surface area contributed by atoms with Crippen molar-refractivity contribution in [1.82, 2.24) is 0 Å². The van der Waals surface area contributed by atoms with Crippen molar-refractivity contribution in [2.45, 2.75) is 25.7 Å². The van der Waals surface area contributed by atoms with Crippen LogP contribution in [0.3, 0.4) is 0 Å². The molecule has 0 aromatic carbocycles. The average molecular weight is 238 g/mol. The summed E-state index contributed by atoms with van der Waals surface area (Å²) in [7, 11) is 0. The minimum absolute atomic E-state index is 0. The number of unbranched alkanes of at least 4 members (excludes halogenated alkanes) is 2. The summed E-state index contributed by atoms with van der Waals surface area (Å²) in [5.41, 5.74) is 0. The summed E-state index contributed by atoms with van der Waals surface area (Å²) in [4.78, 5) is 0. The van der Waals surface area contributed by atoms with Gasteiger partial charge in [-0.1, -0.05) is 12.2 Å². The average Bonchev–Trinajstić information content (AvgIpc) is 2.12. The normalized spacial score (nSPS) is 7.54. The summed E-state index contributed by atoms with van der Waals surface area (Å²) < 4.78 is 0.